The van der Waals surface area contributed by atoms with E-state index in [4.69, 9.17) is 0 Å². The van der Waals surface area contributed by atoms with Crippen molar-refractivity contribution >= 4 is 27.3 Å². The Morgan fingerprint density at radius 2 is 2.29 bits per heavy atom. The van der Waals surface area contributed by atoms with Crippen LogP contribution in [-0.2, 0) is 12.0 Å². The van der Waals surface area contributed by atoms with Crippen LogP contribution in [0.4, 0.5) is 4.39 Å². The molecule has 0 aliphatic heterocycles. The molecule has 2 aromatic heterocycles. The van der Waals surface area contributed by atoms with Crippen molar-refractivity contribution in [2.24, 2.45) is 0 Å². The van der Waals surface area contributed by atoms with Gasteiger partial charge in [0.25, 0.3) is 0 Å². The SMILES string of the molecule is CC(O)(Cc1sccc1Br)c1cncc(F)c1. The molecule has 2 aromatic rings. The van der Waals surface area contributed by atoms with Crippen molar-refractivity contribution in [3.05, 3.63) is 50.6 Å². The second-order valence-electron chi connectivity index (χ2n) is 4.03. The lowest BCUT2D eigenvalue weighted by Crippen LogP contribution is -2.24. The van der Waals surface area contributed by atoms with E-state index >= 15 is 0 Å². The molecule has 0 spiro atoms. The van der Waals surface area contributed by atoms with Gasteiger partial charge in [-0.3, -0.25) is 4.98 Å². The fraction of sp³-hybridized carbons (Fsp3) is 0.250. The minimum Gasteiger partial charge on any atom is -0.385 e. The molecule has 5 heteroatoms. The lowest BCUT2D eigenvalue weighted by Gasteiger charge is -2.23. The van der Waals surface area contributed by atoms with Gasteiger partial charge in [0, 0.05) is 27.5 Å². The summed E-state index contributed by atoms with van der Waals surface area (Å²) >= 11 is 4.97. The van der Waals surface area contributed by atoms with Gasteiger partial charge < -0.3 is 5.11 Å². The maximum atomic E-state index is 13.1. The van der Waals surface area contributed by atoms with Crippen molar-refractivity contribution in [2.75, 3.05) is 0 Å². The summed E-state index contributed by atoms with van der Waals surface area (Å²) in [6.07, 6.45) is 3.04. The number of aromatic nitrogens is 1. The van der Waals surface area contributed by atoms with Crippen LogP contribution in [0.1, 0.15) is 17.4 Å². The van der Waals surface area contributed by atoms with Gasteiger partial charge in [0.1, 0.15) is 5.82 Å². The van der Waals surface area contributed by atoms with Crippen LogP contribution in [-0.4, -0.2) is 10.1 Å². The number of nitrogens with zero attached hydrogens (tertiary/aromatic N) is 1. The molecule has 17 heavy (non-hydrogen) atoms. The predicted octanol–water partition coefficient (Wildman–Crippen LogP) is 3.49. The molecule has 2 rings (SSSR count). The lowest BCUT2D eigenvalue weighted by atomic mass is 9.93. The number of aliphatic hydroxyl groups is 1. The highest BCUT2D eigenvalue weighted by Gasteiger charge is 2.26. The Kier molecular flexibility index (Phi) is 3.61. The van der Waals surface area contributed by atoms with Gasteiger partial charge in [0.15, 0.2) is 0 Å². The van der Waals surface area contributed by atoms with Crippen LogP contribution >= 0.6 is 27.3 Å². The summed E-state index contributed by atoms with van der Waals surface area (Å²) in [6.45, 7) is 1.66. The zero-order valence-electron chi connectivity index (χ0n) is 9.15. The number of halogens is 2. The number of rotatable bonds is 3. The smallest absolute Gasteiger partial charge is 0.141 e. The summed E-state index contributed by atoms with van der Waals surface area (Å²) in [7, 11) is 0. The number of pyridine rings is 1. The minimum atomic E-state index is -1.12. The number of thiophene rings is 1. The zero-order chi connectivity index (χ0) is 12.5. The van der Waals surface area contributed by atoms with E-state index in [0.29, 0.717) is 12.0 Å². The summed E-state index contributed by atoms with van der Waals surface area (Å²) in [6, 6.07) is 3.24. The topological polar surface area (TPSA) is 33.1 Å². The molecule has 0 fully saturated rings. The summed E-state index contributed by atoms with van der Waals surface area (Å²) in [5, 5.41) is 12.3. The van der Waals surface area contributed by atoms with Crippen molar-refractivity contribution in [3.8, 4) is 0 Å². The fourth-order valence-electron chi connectivity index (χ4n) is 1.57. The third kappa shape index (κ3) is 2.91. The van der Waals surface area contributed by atoms with Gasteiger partial charge in [0.2, 0.25) is 0 Å². The molecule has 90 valence electrons. The van der Waals surface area contributed by atoms with Crippen LogP contribution in [0, 0.1) is 5.82 Å². The quantitative estimate of drug-likeness (QED) is 0.940. The third-order valence-electron chi connectivity index (χ3n) is 2.52. The van der Waals surface area contributed by atoms with Crippen molar-refractivity contribution in [3.63, 3.8) is 0 Å². The highest BCUT2D eigenvalue weighted by Crippen LogP contribution is 2.31. The van der Waals surface area contributed by atoms with Crippen LogP contribution in [0.2, 0.25) is 0 Å². The van der Waals surface area contributed by atoms with E-state index in [2.05, 4.69) is 20.9 Å². The lowest BCUT2D eigenvalue weighted by molar-refractivity contribution is 0.0576. The van der Waals surface area contributed by atoms with Gasteiger partial charge in [-0.15, -0.1) is 11.3 Å². The summed E-state index contributed by atoms with van der Waals surface area (Å²) in [5.74, 6) is -0.437. The maximum absolute atomic E-state index is 13.1. The van der Waals surface area contributed by atoms with Gasteiger partial charge in [-0.2, -0.15) is 0 Å². The molecular weight excluding hydrogens is 305 g/mol. The molecule has 0 amide bonds. The van der Waals surface area contributed by atoms with Crippen LogP contribution < -0.4 is 0 Å². The van der Waals surface area contributed by atoms with E-state index < -0.39 is 11.4 Å². The molecule has 0 aliphatic rings. The summed E-state index contributed by atoms with van der Waals surface area (Å²) < 4.78 is 14.0. The highest BCUT2D eigenvalue weighted by molar-refractivity contribution is 9.10. The van der Waals surface area contributed by atoms with Crippen molar-refractivity contribution < 1.29 is 9.50 Å². The molecule has 2 nitrogen and oxygen atoms in total. The standard InChI is InChI=1S/C12H11BrFNOS/c1-12(16,5-11-10(13)2-3-17-11)8-4-9(14)7-15-6-8/h2-4,6-7,16H,5H2,1H3. The molecule has 1 unspecified atom stereocenters. The van der Waals surface area contributed by atoms with Crippen molar-refractivity contribution in [1.29, 1.82) is 0 Å². The van der Waals surface area contributed by atoms with Crippen LogP contribution in [0.3, 0.4) is 0 Å². The molecule has 2 heterocycles. The highest BCUT2D eigenvalue weighted by atomic mass is 79.9. The van der Waals surface area contributed by atoms with Crippen molar-refractivity contribution in [1.82, 2.24) is 4.98 Å². The molecule has 0 aliphatic carbocycles. The van der Waals surface area contributed by atoms with E-state index in [0.717, 1.165) is 15.5 Å². The van der Waals surface area contributed by atoms with Gasteiger partial charge in [-0.05, 0) is 40.4 Å². The molecule has 0 radical (unpaired) electrons. The Morgan fingerprint density at radius 3 is 2.88 bits per heavy atom. The Balaban J connectivity index is 2.27. The Labute approximate surface area is 111 Å². The maximum Gasteiger partial charge on any atom is 0.141 e. The third-order valence-corrected chi connectivity index (χ3v) is 4.45. The van der Waals surface area contributed by atoms with Gasteiger partial charge in [-0.1, -0.05) is 0 Å². The van der Waals surface area contributed by atoms with Gasteiger partial charge in [0.05, 0.1) is 11.8 Å². The van der Waals surface area contributed by atoms with E-state index in [1.165, 1.54) is 12.3 Å². The van der Waals surface area contributed by atoms with E-state index in [1.807, 2.05) is 11.4 Å². The Bertz CT molecular complexity index is 527. The average molecular weight is 316 g/mol. The van der Waals surface area contributed by atoms with Gasteiger partial charge >= 0.3 is 0 Å². The van der Waals surface area contributed by atoms with Crippen LogP contribution in [0.25, 0.3) is 0 Å². The van der Waals surface area contributed by atoms with Crippen LogP contribution in [0.15, 0.2) is 34.4 Å². The van der Waals surface area contributed by atoms with Crippen LogP contribution in [0.5, 0.6) is 0 Å². The Hall–Kier alpha value is -0.780. The molecule has 0 saturated carbocycles. The first-order valence-electron chi connectivity index (χ1n) is 5.04. The van der Waals surface area contributed by atoms with E-state index in [-0.39, 0.29) is 0 Å². The second kappa shape index (κ2) is 4.84. The average Bonchev–Trinajstić information content (AvgIpc) is 2.64. The first-order chi connectivity index (χ1) is 7.99. The first kappa shape index (κ1) is 12.7. The molecule has 0 bridgehead atoms. The monoisotopic (exact) mass is 315 g/mol. The largest absolute Gasteiger partial charge is 0.385 e. The number of hydrogen-bond donors (Lipinski definition) is 1. The number of hydrogen-bond acceptors (Lipinski definition) is 3. The molecular formula is C12H11BrFNOS. The molecule has 1 atom stereocenters. The van der Waals surface area contributed by atoms with Gasteiger partial charge in [-0.25, -0.2) is 4.39 Å². The first-order valence-corrected chi connectivity index (χ1v) is 6.71. The fourth-order valence-corrected chi connectivity index (χ4v) is 3.21. The summed E-state index contributed by atoms with van der Waals surface area (Å²) in [5.41, 5.74) is -0.638. The second-order valence-corrected chi connectivity index (χ2v) is 5.89. The van der Waals surface area contributed by atoms with Crippen molar-refractivity contribution in [2.45, 2.75) is 18.9 Å². The predicted molar refractivity (Wildman–Crippen MR) is 69.5 cm³/mol. The van der Waals surface area contributed by atoms with E-state index in [9.17, 15) is 9.50 Å². The minimum absolute atomic E-state index is 0.427. The molecule has 0 saturated heterocycles. The van der Waals surface area contributed by atoms with E-state index in [1.54, 1.807) is 18.3 Å². The summed E-state index contributed by atoms with van der Waals surface area (Å²) in [4.78, 5) is 4.79. The normalized spacial score (nSPS) is 14.6. The zero-order valence-corrected chi connectivity index (χ0v) is 11.6. The molecule has 1 N–H and O–H groups in total. The molecule has 0 aromatic carbocycles. The Morgan fingerprint density at radius 1 is 1.53 bits per heavy atom.